The van der Waals surface area contributed by atoms with Gasteiger partial charge in [-0.05, 0) is 61.3 Å². The van der Waals surface area contributed by atoms with Crippen molar-refractivity contribution in [3.8, 4) is 0 Å². The Kier molecular flexibility index (Phi) is 21.6. The van der Waals surface area contributed by atoms with Crippen molar-refractivity contribution < 1.29 is 68.4 Å². The van der Waals surface area contributed by atoms with Gasteiger partial charge in [0.25, 0.3) is 17.7 Å². The molecule has 0 spiro atoms. The predicted octanol–water partition coefficient (Wildman–Crippen LogP) is -2.32. The number of aliphatic carboxylic acids is 4. The van der Waals surface area contributed by atoms with Crippen LogP contribution in [0.3, 0.4) is 0 Å². The SMILES string of the molecule is CSCCC(NC(=O)c1cccc2c1CCN(C(=O)CN1CCN(CC(=O)O)CCN(CC(=O)O)CCN(CC(=O)O)CC1)C2)C(=O)NCC(=O)NC(CCCCN1C(=O)C=CC1=O)C(=O)O. The van der Waals surface area contributed by atoms with E-state index in [1.54, 1.807) is 37.8 Å². The maximum Gasteiger partial charge on any atom is 0.326 e. The smallest absolute Gasteiger partial charge is 0.326 e. The lowest BCUT2D eigenvalue weighted by Crippen LogP contribution is -2.51. The van der Waals surface area contributed by atoms with Crippen LogP contribution in [0.4, 0.5) is 0 Å². The number of nitrogens with one attached hydrogen (secondary N) is 3. The van der Waals surface area contributed by atoms with Crippen LogP contribution in [0.25, 0.3) is 0 Å². The number of carboxylic acid groups (broad SMARTS) is 4. The first kappa shape index (κ1) is 53.7. The summed E-state index contributed by atoms with van der Waals surface area (Å²) in [6, 6.07) is 2.76. The van der Waals surface area contributed by atoms with Crippen LogP contribution in [-0.2, 0) is 56.1 Å². The summed E-state index contributed by atoms with van der Waals surface area (Å²) in [6.45, 7) is 1.09. The second kappa shape index (κ2) is 27.0. The Balaban J connectivity index is 1.35. The lowest BCUT2D eigenvalue weighted by Gasteiger charge is -2.35. The molecule has 368 valence electrons. The van der Waals surface area contributed by atoms with Crippen molar-refractivity contribution in [1.29, 1.82) is 0 Å². The molecule has 0 aromatic heterocycles. The van der Waals surface area contributed by atoms with Crippen molar-refractivity contribution >= 4 is 71.1 Å². The highest BCUT2D eigenvalue weighted by atomic mass is 32.2. The minimum Gasteiger partial charge on any atom is -0.480 e. The molecule has 1 saturated heterocycles. The lowest BCUT2D eigenvalue weighted by molar-refractivity contribution is -0.142. The number of hydrogen-bond acceptors (Lipinski definition) is 15. The summed E-state index contributed by atoms with van der Waals surface area (Å²) in [5.41, 5.74) is 1.72. The maximum atomic E-state index is 13.9. The van der Waals surface area contributed by atoms with Gasteiger partial charge >= 0.3 is 23.9 Å². The third kappa shape index (κ3) is 18.0. The molecule has 0 saturated carbocycles. The molecule has 0 radical (unpaired) electrons. The molecule has 67 heavy (non-hydrogen) atoms. The summed E-state index contributed by atoms with van der Waals surface area (Å²) < 4.78 is 0. The standard InChI is InChI=1S/C43H61N9O14S/c1-67-22-11-32(42(64)44-23-34(53)45-33(43(65)66)7-2-3-12-52-35(54)8-9-36(52)55)46-41(63)31-6-4-5-29-24-51(13-10-30(29)31)37(56)25-47-14-16-48(26-38(57)58)18-20-50(28-40(61)62)21-19-49(17-15-47)27-39(59)60/h4-6,8-9,32-33H,2-3,7,10-28H2,1H3,(H,44,64)(H,45,53)(H,46,63)(H,57,58)(H,59,60)(H,61,62)(H,65,66). The summed E-state index contributed by atoms with van der Waals surface area (Å²) >= 11 is 1.44. The third-order valence-electron chi connectivity index (χ3n) is 11.5. The van der Waals surface area contributed by atoms with Crippen LogP contribution >= 0.6 is 11.8 Å². The zero-order chi connectivity index (χ0) is 49.0. The van der Waals surface area contributed by atoms with Crippen LogP contribution in [0.5, 0.6) is 0 Å². The van der Waals surface area contributed by atoms with E-state index in [0.717, 1.165) is 22.6 Å². The van der Waals surface area contributed by atoms with Crippen LogP contribution in [-0.4, -0.2) is 231 Å². The number of imide groups is 1. The van der Waals surface area contributed by atoms with Gasteiger partial charge in [-0.2, -0.15) is 11.8 Å². The molecule has 2 unspecified atom stereocenters. The van der Waals surface area contributed by atoms with Gasteiger partial charge in [0.2, 0.25) is 17.7 Å². The molecule has 6 amide bonds. The molecular weight excluding hydrogens is 899 g/mol. The monoisotopic (exact) mass is 959 g/mol. The maximum absolute atomic E-state index is 13.9. The summed E-state index contributed by atoms with van der Waals surface area (Å²) in [6.07, 6.45) is 5.29. The Hall–Kier alpha value is -5.95. The molecule has 24 heteroatoms. The van der Waals surface area contributed by atoms with Gasteiger partial charge in [0.15, 0.2) is 0 Å². The molecule has 1 fully saturated rings. The van der Waals surface area contributed by atoms with Crippen molar-refractivity contribution in [3.05, 3.63) is 47.0 Å². The van der Waals surface area contributed by atoms with Gasteiger partial charge in [0.05, 0.1) is 32.7 Å². The van der Waals surface area contributed by atoms with E-state index in [1.807, 2.05) is 11.2 Å². The topological polar surface area (TPSA) is 307 Å². The van der Waals surface area contributed by atoms with Crippen molar-refractivity contribution in [3.63, 3.8) is 0 Å². The van der Waals surface area contributed by atoms with Crippen LogP contribution in [0.1, 0.15) is 47.2 Å². The zero-order valence-electron chi connectivity index (χ0n) is 37.6. The number of benzene rings is 1. The summed E-state index contributed by atoms with van der Waals surface area (Å²) in [4.78, 5) is 134. The Morgan fingerprint density at radius 3 is 1.72 bits per heavy atom. The molecule has 3 heterocycles. The number of amides is 6. The van der Waals surface area contributed by atoms with Gasteiger partial charge in [-0.3, -0.25) is 67.7 Å². The average molecular weight is 960 g/mol. The highest BCUT2D eigenvalue weighted by Crippen LogP contribution is 2.23. The second-order valence-electron chi connectivity index (χ2n) is 16.4. The van der Waals surface area contributed by atoms with E-state index in [1.165, 1.54) is 11.8 Å². The molecule has 2 atom stereocenters. The van der Waals surface area contributed by atoms with E-state index in [4.69, 9.17) is 0 Å². The van der Waals surface area contributed by atoms with E-state index in [9.17, 15) is 68.4 Å². The molecule has 4 rings (SSSR count). The molecule has 1 aromatic carbocycles. The Morgan fingerprint density at radius 1 is 0.672 bits per heavy atom. The predicted molar refractivity (Wildman–Crippen MR) is 241 cm³/mol. The number of carbonyl (C=O) groups excluding carboxylic acids is 6. The van der Waals surface area contributed by atoms with E-state index in [-0.39, 0.29) is 123 Å². The van der Waals surface area contributed by atoms with Gasteiger partial charge in [0, 0.05) is 89.7 Å². The Morgan fingerprint density at radius 2 is 1.21 bits per heavy atom. The molecule has 0 bridgehead atoms. The van der Waals surface area contributed by atoms with Crippen molar-refractivity contribution in [2.75, 3.05) is 110 Å². The number of hydrogen-bond donors (Lipinski definition) is 7. The fourth-order valence-electron chi connectivity index (χ4n) is 7.91. The van der Waals surface area contributed by atoms with Gasteiger partial charge in [-0.25, -0.2) is 4.79 Å². The molecule has 1 aromatic rings. The number of rotatable bonds is 23. The minimum absolute atomic E-state index is 0.0139. The number of nitrogens with zero attached hydrogens (tertiary/aromatic N) is 6. The largest absolute Gasteiger partial charge is 0.480 e. The lowest BCUT2D eigenvalue weighted by atomic mass is 9.93. The fraction of sp³-hybridized carbons (Fsp3) is 0.581. The number of carbonyl (C=O) groups is 10. The first-order valence-electron chi connectivity index (χ1n) is 22.0. The van der Waals surface area contributed by atoms with E-state index in [2.05, 4.69) is 16.0 Å². The summed E-state index contributed by atoms with van der Waals surface area (Å²) in [7, 11) is 0. The fourth-order valence-corrected chi connectivity index (χ4v) is 8.39. The van der Waals surface area contributed by atoms with E-state index >= 15 is 0 Å². The highest BCUT2D eigenvalue weighted by Gasteiger charge is 2.30. The third-order valence-corrected chi connectivity index (χ3v) is 12.2. The van der Waals surface area contributed by atoms with Crippen molar-refractivity contribution in [2.24, 2.45) is 0 Å². The second-order valence-corrected chi connectivity index (χ2v) is 17.4. The van der Waals surface area contributed by atoms with Gasteiger partial charge in [-0.15, -0.1) is 0 Å². The number of thioether (sulfide) groups is 1. The van der Waals surface area contributed by atoms with Crippen LogP contribution in [0.2, 0.25) is 0 Å². The van der Waals surface area contributed by atoms with Crippen molar-refractivity contribution in [1.82, 2.24) is 45.3 Å². The Bertz CT molecular complexity index is 1970. The van der Waals surface area contributed by atoms with Gasteiger partial charge in [0.1, 0.15) is 12.1 Å². The average Bonchev–Trinajstić information content (AvgIpc) is 3.60. The van der Waals surface area contributed by atoms with Gasteiger partial charge < -0.3 is 41.3 Å². The van der Waals surface area contributed by atoms with E-state index in [0.29, 0.717) is 29.7 Å². The molecule has 3 aliphatic heterocycles. The summed E-state index contributed by atoms with van der Waals surface area (Å²) in [5.74, 6) is -7.07. The Labute approximate surface area is 391 Å². The van der Waals surface area contributed by atoms with Crippen LogP contribution < -0.4 is 16.0 Å². The van der Waals surface area contributed by atoms with Crippen LogP contribution in [0, 0.1) is 0 Å². The number of carboxylic acids is 4. The first-order valence-corrected chi connectivity index (χ1v) is 23.4. The zero-order valence-corrected chi connectivity index (χ0v) is 38.4. The molecule has 0 aliphatic carbocycles. The van der Waals surface area contributed by atoms with Gasteiger partial charge in [-0.1, -0.05) is 12.1 Å². The molecule has 23 nitrogen and oxygen atoms in total. The first-order chi connectivity index (χ1) is 31.9. The van der Waals surface area contributed by atoms with Crippen molar-refractivity contribution in [2.45, 2.75) is 50.7 Å². The minimum atomic E-state index is -1.30. The summed E-state index contributed by atoms with van der Waals surface area (Å²) in [5, 5.41) is 45.8. The van der Waals surface area contributed by atoms with Crippen LogP contribution in [0.15, 0.2) is 30.4 Å². The molecule has 7 N–H and O–H groups in total. The molecule has 3 aliphatic rings. The molecular formula is C43H61N9O14S. The number of unbranched alkanes of at least 4 members (excludes halogenated alkanes) is 1. The van der Waals surface area contributed by atoms with E-state index < -0.39 is 72.0 Å². The number of fused-ring (bicyclic) bond motifs is 1. The normalized spacial score (nSPS) is 17.7. The highest BCUT2D eigenvalue weighted by molar-refractivity contribution is 7.98. The quantitative estimate of drug-likeness (QED) is 0.0447.